The lowest BCUT2D eigenvalue weighted by Crippen LogP contribution is -2.25. The SMILES string of the molecule is O=C(O)CCCCC(=O)NCCc1c[nH]c2ccccc12. The molecule has 0 saturated heterocycles. The van der Waals surface area contributed by atoms with Crippen molar-refractivity contribution >= 4 is 22.8 Å². The predicted molar refractivity (Wildman–Crippen MR) is 81.1 cm³/mol. The molecule has 0 unspecified atom stereocenters. The van der Waals surface area contributed by atoms with Crippen molar-refractivity contribution in [1.82, 2.24) is 10.3 Å². The molecule has 3 N–H and O–H groups in total. The number of aromatic nitrogens is 1. The summed E-state index contributed by atoms with van der Waals surface area (Å²) in [7, 11) is 0. The van der Waals surface area contributed by atoms with Crippen molar-refractivity contribution in [2.45, 2.75) is 32.1 Å². The van der Waals surface area contributed by atoms with E-state index >= 15 is 0 Å². The van der Waals surface area contributed by atoms with Gasteiger partial charge in [0.25, 0.3) is 0 Å². The number of amides is 1. The Hall–Kier alpha value is -2.30. The first-order chi connectivity index (χ1) is 10.2. The maximum Gasteiger partial charge on any atom is 0.303 e. The van der Waals surface area contributed by atoms with Gasteiger partial charge in [0.05, 0.1) is 0 Å². The summed E-state index contributed by atoms with van der Waals surface area (Å²) in [4.78, 5) is 25.2. The number of carboxylic acids is 1. The molecule has 5 nitrogen and oxygen atoms in total. The number of fused-ring (bicyclic) bond motifs is 1. The number of hydrogen-bond donors (Lipinski definition) is 3. The largest absolute Gasteiger partial charge is 0.481 e. The van der Waals surface area contributed by atoms with E-state index in [0.29, 0.717) is 25.8 Å². The topological polar surface area (TPSA) is 82.2 Å². The predicted octanol–water partition coefficient (Wildman–Crippen LogP) is 2.47. The van der Waals surface area contributed by atoms with Crippen LogP contribution in [0.5, 0.6) is 0 Å². The molecule has 0 radical (unpaired) electrons. The van der Waals surface area contributed by atoms with E-state index in [1.54, 1.807) is 0 Å². The Bertz CT molecular complexity index is 619. The van der Waals surface area contributed by atoms with Gasteiger partial charge in [-0.2, -0.15) is 0 Å². The van der Waals surface area contributed by atoms with Crippen molar-refractivity contribution in [3.8, 4) is 0 Å². The number of hydrogen-bond acceptors (Lipinski definition) is 2. The van der Waals surface area contributed by atoms with Gasteiger partial charge in [0.15, 0.2) is 0 Å². The lowest BCUT2D eigenvalue weighted by Gasteiger charge is -2.04. The van der Waals surface area contributed by atoms with E-state index < -0.39 is 5.97 Å². The van der Waals surface area contributed by atoms with Gasteiger partial charge in [-0.05, 0) is 30.9 Å². The Balaban J connectivity index is 1.69. The third-order valence-electron chi connectivity index (χ3n) is 3.44. The zero-order valence-corrected chi connectivity index (χ0v) is 11.9. The van der Waals surface area contributed by atoms with E-state index in [9.17, 15) is 9.59 Å². The first-order valence-electron chi connectivity index (χ1n) is 7.20. The van der Waals surface area contributed by atoms with Crippen LogP contribution in [0.25, 0.3) is 10.9 Å². The van der Waals surface area contributed by atoms with E-state index in [4.69, 9.17) is 5.11 Å². The average Bonchev–Trinajstić information content (AvgIpc) is 2.87. The monoisotopic (exact) mass is 288 g/mol. The Kier molecular flexibility index (Phi) is 5.37. The molecule has 21 heavy (non-hydrogen) atoms. The summed E-state index contributed by atoms with van der Waals surface area (Å²) < 4.78 is 0. The van der Waals surface area contributed by atoms with Crippen LogP contribution in [0.3, 0.4) is 0 Å². The summed E-state index contributed by atoms with van der Waals surface area (Å²) in [5.41, 5.74) is 2.30. The maximum atomic E-state index is 11.6. The number of unbranched alkanes of at least 4 members (excludes halogenated alkanes) is 1. The number of para-hydroxylation sites is 1. The van der Waals surface area contributed by atoms with Crippen LogP contribution in [0.4, 0.5) is 0 Å². The van der Waals surface area contributed by atoms with Crippen LogP contribution in [0.1, 0.15) is 31.2 Å². The zero-order chi connectivity index (χ0) is 15.1. The Morgan fingerprint density at radius 2 is 1.90 bits per heavy atom. The summed E-state index contributed by atoms with van der Waals surface area (Å²) in [6, 6.07) is 8.08. The molecule has 1 heterocycles. The van der Waals surface area contributed by atoms with Gasteiger partial charge >= 0.3 is 5.97 Å². The van der Waals surface area contributed by atoms with E-state index in [1.165, 1.54) is 10.9 Å². The molecular weight excluding hydrogens is 268 g/mol. The summed E-state index contributed by atoms with van der Waals surface area (Å²) in [5.74, 6) is -0.824. The third kappa shape index (κ3) is 4.63. The molecule has 2 aromatic rings. The number of carboxylic acid groups (broad SMARTS) is 1. The van der Waals surface area contributed by atoms with Gasteiger partial charge in [-0.1, -0.05) is 18.2 Å². The summed E-state index contributed by atoms with van der Waals surface area (Å²) in [6.07, 6.45) is 4.44. The van der Waals surface area contributed by atoms with Gasteiger partial charge in [0, 0.05) is 36.5 Å². The summed E-state index contributed by atoms with van der Waals surface area (Å²) in [6.45, 7) is 0.597. The molecular formula is C16H20N2O3. The molecule has 1 amide bonds. The minimum Gasteiger partial charge on any atom is -0.481 e. The lowest BCUT2D eigenvalue weighted by molar-refractivity contribution is -0.137. The molecule has 0 fully saturated rings. The average molecular weight is 288 g/mol. The molecule has 0 spiro atoms. The second kappa shape index (κ2) is 7.47. The number of carbonyl (C=O) groups is 2. The first kappa shape index (κ1) is 15.1. The second-order valence-electron chi connectivity index (χ2n) is 5.06. The van der Waals surface area contributed by atoms with Crippen molar-refractivity contribution in [3.05, 3.63) is 36.0 Å². The molecule has 0 aliphatic rings. The molecule has 1 aromatic heterocycles. The van der Waals surface area contributed by atoms with Crippen LogP contribution in [0, 0.1) is 0 Å². The normalized spacial score (nSPS) is 10.7. The van der Waals surface area contributed by atoms with Crippen LogP contribution in [-0.4, -0.2) is 28.5 Å². The number of rotatable bonds is 8. The van der Waals surface area contributed by atoms with Crippen molar-refractivity contribution < 1.29 is 14.7 Å². The van der Waals surface area contributed by atoms with Crippen molar-refractivity contribution in [2.75, 3.05) is 6.54 Å². The number of aliphatic carboxylic acids is 1. The smallest absolute Gasteiger partial charge is 0.303 e. The van der Waals surface area contributed by atoms with Gasteiger partial charge in [-0.25, -0.2) is 0 Å². The lowest BCUT2D eigenvalue weighted by atomic mass is 10.1. The number of nitrogens with one attached hydrogen (secondary N) is 2. The molecule has 1 aromatic carbocycles. The van der Waals surface area contributed by atoms with Gasteiger partial charge in [0.2, 0.25) is 5.91 Å². The maximum absolute atomic E-state index is 11.6. The highest BCUT2D eigenvalue weighted by atomic mass is 16.4. The Morgan fingerprint density at radius 1 is 1.14 bits per heavy atom. The first-order valence-corrected chi connectivity index (χ1v) is 7.20. The number of aromatic amines is 1. The minimum atomic E-state index is -0.810. The summed E-state index contributed by atoms with van der Waals surface area (Å²) in [5, 5.41) is 12.6. The van der Waals surface area contributed by atoms with Crippen molar-refractivity contribution in [1.29, 1.82) is 0 Å². The van der Waals surface area contributed by atoms with Crippen LogP contribution >= 0.6 is 0 Å². The van der Waals surface area contributed by atoms with Gasteiger partial charge in [-0.3, -0.25) is 9.59 Å². The number of H-pyrrole nitrogens is 1. The molecule has 2 rings (SSSR count). The highest BCUT2D eigenvalue weighted by molar-refractivity contribution is 5.83. The van der Waals surface area contributed by atoms with E-state index in [1.807, 2.05) is 24.4 Å². The quantitative estimate of drug-likeness (QED) is 0.653. The highest BCUT2D eigenvalue weighted by Crippen LogP contribution is 2.17. The van der Waals surface area contributed by atoms with Crippen LogP contribution < -0.4 is 5.32 Å². The standard InChI is InChI=1S/C16H20N2O3/c19-15(7-3-4-8-16(20)21)17-10-9-12-11-18-14-6-2-1-5-13(12)14/h1-2,5-6,11,18H,3-4,7-10H2,(H,17,19)(H,20,21). The van der Waals surface area contributed by atoms with Crippen LogP contribution in [0.2, 0.25) is 0 Å². The zero-order valence-electron chi connectivity index (χ0n) is 11.9. The fraction of sp³-hybridized carbons (Fsp3) is 0.375. The van der Waals surface area contributed by atoms with E-state index in [-0.39, 0.29) is 12.3 Å². The van der Waals surface area contributed by atoms with Gasteiger partial charge in [-0.15, -0.1) is 0 Å². The minimum absolute atomic E-state index is 0.0137. The van der Waals surface area contributed by atoms with E-state index in [0.717, 1.165) is 11.9 Å². The molecule has 0 atom stereocenters. The van der Waals surface area contributed by atoms with Crippen LogP contribution in [-0.2, 0) is 16.0 Å². The Labute approximate surface area is 123 Å². The fourth-order valence-electron chi connectivity index (χ4n) is 2.33. The molecule has 0 aliphatic carbocycles. The highest BCUT2D eigenvalue weighted by Gasteiger charge is 2.05. The fourth-order valence-corrected chi connectivity index (χ4v) is 2.33. The molecule has 112 valence electrons. The molecule has 0 bridgehead atoms. The Morgan fingerprint density at radius 3 is 2.71 bits per heavy atom. The van der Waals surface area contributed by atoms with Crippen molar-refractivity contribution in [3.63, 3.8) is 0 Å². The second-order valence-corrected chi connectivity index (χ2v) is 5.06. The van der Waals surface area contributed by atoms with E-state index in [2.05, 4.69) is 16.4 Å². The van der Waals surface area contributed by atoms with Gasteiger partial charge in [0.1, 0.15) is 0 Å². The van der Waals surface area contributed by atoms with Crippen molar-refractivity contribution in [2.24, 2.45) is 0 Å². The number of carbonyl (C=O) groups excluding carboxylic acids is 1. The molecule has 5 heteroatoms. The third-order valence-corrected chi connectivity index (χ3v) is 3.44. The van der Waals surface area contributed by atoms with Gasteiger partial charge < -0.3 is 15.4 Å². The molecule has 0 aliphatic heterocycles. The number of benzene rings is 1. The summed E-state index contributed by atoms with van der Waals surface area (Å²) >= 11 is 0. The van der Waals surface area contributed by atoms with Crippen LogP contribution in [0.15, 0.2) is 30.5 Å². The molecule has 0 saturated carbocycles.